The Morgan fingerprint density at radius 1 is 1.15 bits per heavy atom. The van der Waals surface area contributed by atoms with E-state index in [2.05, 4.69) is 4.98 Å². The van der Waals surface area contributed by atoms with Gasteiger partial charge in [0.1, 0.15) is 5.82 Å². The second kappa shape index (κ2) is 6.04. The van der Waals surface area contributed by atoms with Gasteiger partial charge in [-0.3, -0.25) is 14.2 Å². The molecule has 0 unspecified atom stereocenters. The molecular weight excluding hydrogens is 342 g/mol. The molecule has 1 fully saturated rings. The SMILES string of the molecule is Cn1c(CN2Cc3ccccc3C2=O)nn2c(C3CCCC3)ncc2c1=O. The first kappa shape index (κ1) is 16.2. The molecule has 0 spiro atoms. The normalized spacial score (nSPS) is 17.2. The van der Waals surface area contributed by atoms with Gasteiger partial charge < -0.3 is 4.90 Å². The lowest BCUT2D eigenvalue weighted by Crippen LogP contribution is -2.31. The van der Waals surface area contributed by atoms with Gasteiger partial charge in [-0.15, -0.1) is 0 Å². The molecule has 2 aliphatic rings. The van der Waals surface area contributed by atoms with Crippen LogP contribution in [0.4, 0.5) is 0 Å². The van der Waals surface area contributed by atoms with Crippen molar-refractivity contribution in [3.63, 3.8) is 0 Å². The maximum Gasteiger partial charge on any atom is 0.279 e. The maximum absolute atomic E-state index is 12.8. The van der Waals surface area contributed by atoms with Crippen molar-refractivity contribution in [3.8, 4) is 0 Å². The van der Waals surface area contributed by atoms with Crippen LogP contribution in [0, 0.1) is 0 Å². The fourth-order valence-corrected chi connectivity index (χ4v) is 4.30. The van der Waals surface area contributed by atoms with Gasteiger partial charge in [-0.05, 0) is 24.5 Å². The number of fused-ring (bicyclic) bond motifs is 2. The quantitative estimate of drug-likeness (QED) is 0.715. The molecule has 1 amide bonds. The number of hydrogen-bond acceptors (Lipinski definition) is 4. The molecule has 0 bridgehead atoms. The molecular formula is C20H21N5O2. The Balaban J connectivity index is 1.54. The van der Waals surface area contributed by atoms with Crippen LogP contribution in [-0.2, 0) is 20.1 Å². The summed E-state index contributed by atoms with van der Waals surface area (Å²) in [7, 11) is 1.71. The third-order valence-electron chi connectivity index (χ3n) is 5.84. The van der Waals surface area contributed by atoms with Gasteiger partial charge >= 0.3 is 0 Å². The Hall–Kier alpha value is -2.96. The van der Waals surface area contributed by atoms with Crippen LogP contribution in [0.2, 0.25) is 0 Å². The molecule has 1 aromatic carbocycles. The average Bonchev–Trinajstić information content (AvgIpc) is 3.39. The van der Waals surface area contributed by atoms with Crippen LogP contribution >= 0.6 is 0 Å². The zero-order chi connectivity index (χ0) is 18.5. The molecule has 1 aliphatic carbocycles. The molecule has 5 rings (SSSR count). The number of amides is 1. The van der Waals surface area contributed by atoms with Crippen molar-refractivity contribution in [2.75, 3.05) is 0 Å². The smallest absolute Gasteiger partial charge is 0.279 e. The number of rotatable bonds is 3. The summed E-state index contributed by atoms with van der Waals surface area (Å²) in [4.78, 5) is 31.7. The van der Waals surface area contributed by atoms with Gasteiger partial charge in [0, 0.05) is 25.1 Å². The Morgan fingerprint density at radius 3 is 2.70 bits per heavy atom. The molecule has 3 aromatic rings. The van der Waals surface area contributed by atoms with Gasteiger partial charge in [0.15, 0.2) is 11.3 Å². The number of nitrogens with zero attached hydrogens (tertiary/aromatic N) is 5. The lowest BCUT2D eigenvalue weighted by atomic mass is 10.1. The summed E-state index contributed by atoms with van der Waals surface area (Å²) in [6.07, 6.45) is 6.19. The summed E-state index contributed by atoms with van der Waals surface area (Å²) >= 11 is 0. The molecule has 3 heterocycles. The lowest BCUT2D eigenvalue weighted by Gasteiger charge is -2.17. The maximum atomic E-state index is 12.8. The van der Waals surface area contributed by atoms with Gasteiger partial charge in [0.05, 0.1) is 12.7 Å². The van der Waals surface area contributed by atoms with E-state index in [1.165, 1.54) is 17.4 Å². The van der Waals surface area contributed by atoms with Gasteiger partial charge in [0.2, 0.25) is 0 Å². The largest absolute Gasteiger partial charge is 0.327 e. The summed E-state index contributed by atoms with van der Waals surface area (Å²) in [6, 6.07) is 7.63. The predicted octanol–water partition coefficient (Wildman–Crippen LogP) is 2.24. The van der Waals surface area contributed by atoms with E-state index in [1.54, 1.807) is 22.7 Å². The van der Waals surface area contributed by atoms with E-state index < -0.39 is 0 Å². The highest BCUT2D eigenvalue weighted by atomic mass is 16.2. The van der Waals surface area contributed by atoms with E-state index in [4.69, 9.17) is 5.10 Å². The first-order valence-electron chi connectivity index (χ1n) is 9.44. The molecule has 27 heavy (non-hydrogen) atoms. The molecule has 138 valence electrons. The number of benzene rings is 1. The number of carbonyl (C=O) groups is 1. The molecule has 0 atom stereocenters. The van der Waals surface area contributed by atoms with E-state index in [-0.39, 0.29) is 11.5 Å². The predicted molar refractivity (Wildman–Crippen MR) is 99.5 cm³/mol. The summed E-state index contributed by atoms with van der Waals surface area (Å²) in [5.74, 6) is 1.79. The lowest BCUT2D eigenvalue weighted by molar-refractivity contribution is 0.0760. The highest BCUT2D eigenvalue weighted by molar-refractivity contribution is 5.98. The van der Waals surface area contributed by atoms with Crippen molar-refractivity contribution < 1.29 is 4.79 Å². The third-order valence-corrected chi connectivity index (χ3v) is 5.84. The second-order valence-corrected chi connectivity index (χ2v) is 7.49. The Labute approximate surface area is 156 Å². The molecule has 0 saturated heterocycles. The molecule has 1 aliphatic heterocycles. The van der Waals surface area contributed by atoms with Crippen LogP contribution in [0.3, 0.4) is 0 Å². The highest BCUT2D eigenvalue weighted by Crippen LogP contribution is 2.33. The topological polar surface area (TPSA) is 72.5 Å². The van der Waals surface area contributed by atoms with Crippen LogP contribution in [0.25, 0.3) is 5.52 Å². The van der Waals surface area contributed by atoms with Crippen LogP contribution in [-0.4, -0.2) is 30.0 Å². The first-order valence-corrected chi connectivity index (χ1v) is 9.44. The molecule has 0 N–H and O–H groups in total. The van der Waals surface area contributed by atoms with Gasteiger partial charge in [0.25, 0.3) is 11.5 Å². The van der Waals surface area contributed by atoms with Crippen molar-refractivity contribution in [2.24, 2.45) is 7.05 Å². The van der Waals surface area contributed by atoms with E-state index in [1.807, 2.05) is 24.3 Å². The molecule has 0 radical (unpaired) electrons. The van der Waals surface area contributed by atoms with E-state index >= 15 is 0 Å². The highest BCUT2D eigenvalue weighted by Gasteiger charge is 2.29. The molecule has 7 nitrogen and oxygen atoms in total. The van der Waals surface area contributed by atoms with Gasteiger partial charge in [-0.2, -0.15) is 5.10 Å². The fraction of sp³-hybridized carbons (Fsp3) is 0.400. The summed E-state index contributed by atoms with van der Waals surface area (Å²) in [5.41, 5.74) is 2.13. The molecule has 1 saturated carbocycles. The van der Waals surface area contributed by atoms with Crippen LogP contribution in [0.15, 0.2) is 35.3 Å². The van der Waals surface area contributed by atoms with E-state index in [0.29, 0.717) is 30.3 Å². The minimum atomic E-state index is -0.124. The Kier molecular flexibility index (Phi) is 3.63. The van der Waals surface area contributed by atoms with Crippen LogP contribution in [0.5, 0.6) is 0 Å². The standard InChI is InChI=1S/C20H21N5O2/c1-23-17(12-24-11-14-8-4-5-9-15(14)19(24)26)22-25-16(20(23)27)10-21-18(25)13-6-2-3-7-13/h4-5,8-10,13H,2-3,6-7,11-12H2,1H3. The number of aromatic nitrogens is 4. The molecule has 7 heteroatoms. The van der Waals surface area contributed by atoms with Crippen LogP contribution in [0.1, 0.15) is 59.2 Å². The molecule has 2 aromatic heterocycles. The number of hydrogen-bond donors (Lipinski definition) is 0. The number of imidazole rings is 1. The summed E-state index contributed by atoms with van der Waals surface area (Å²) < 4.78 is 3.24. The van der Waals surface area contributed by atoms with Crippen molar-refractivity contribution >= 4 is 11.4 Å². The average molecular weight is 363 g/mol. The van der Waals surface area contributed by atoms with E-state index in [0.717, 1.165) is 29.8 Å². The monoisotopic (exact) mass is 363 g/mol. The second-order valence-electron chi connectivity index (χ2n) is 7.49. The van der Waals surface area contributed by atoms with Crippen molar-refractivity contribution in [1.29, 1.82) is 0 Å². The fourth-order valence-electron chi connectivity index (χ4n) is 4.30. The minimum absolute atomic E-state index is 0.0124. The van der Waals surface area contributed by atoms with Crippen LogP contribution < -0.4 is 5.56 Å². The zero-order valence-electron chi connectivity index (χ0n) is 15.3. The van der Waals surface area contributed by atoms with Crippen molar-refractivity contribution in [3.05, 3.63) is 63.6 Å². The Bertz CT molecular complexity index is 1110. The Morgan fingerprint density at radius 2 is 1.93 bits per heavy atom. The minimum Gasteiger partial charge on any atom is -0.327 e. The number of carbonyl (C=O) groups excluding carboxylic acids is 1. The van der Waals surface area contributed by atoms with Crippen molar-refractivity contribution in [2.45, 2.75) is 44.7 Å². The van der Waals surface area contributed by atoms with Gasteiger partial charge in [-0.25, -0.2) is 9.50 Å². The summed E-state index contributed by atoms with van der Waals surface area (Å²) in [6.45, 7) is 0.847. The zero-order valence-corrected chi connectivity index (χ0v) is 15.3. The third kappa shape index (κ3) is 2.49. The van der Waals surface area contributed by atoms with E-state index in [9.17, 15) is 9.59 Å². The van der Waals surface area contributed by atoms with Gasteiger partial charge in [-0.1, -0.05) is 31.0 Å². The first-order chi connectivity index (χ1) is 13.1. The van der Waals surface area contributed by atoms with Crippen molar-refractivity contribution in [1.82, 2.24) is 24.1 Å². The summed E-state index contributed by atoms with van der Waals surface area (Å²) in [5, 5.41) is 4.72.